The molecule has 0 bridgehead atoms. The van der Waals surface area contributed by atoms with Crippen LogP contribution in [-0.2, 0) is 16.0 Å². The molecule has 43 heavy (non-hydrogen) atoms. The first-order valence-corrected chi connectivity index (χ1v) is 15.7. The highest BCUT2D eigenvalue weighted by atomic mass is 19.1. The molecule has 1 N–H and O–H groups in total. The number of aliphatic hydroxyl groups is 1. The second-order valence-corrected chi connectivity index (χ2v) is 11.9. The zero-order valence-corrected chi connectivity index (χ0v) is 26.1. The van der Waals surface area contributed by atoms with Crippen LogP contribution in [0, 0.1) is 23.5 Å². The van der Waals surface area contributed by atoms with Gasteiger partial charge in [-0.25, -0.2) is 8.78 Å². The van der Waals surface area contributed by atoms with Gasteiger partial charge in [0, 0.05) is 31.5 Å². The second kappa shape index (κ2) is 17.8. The summed E-state index contributed by atoms with van der Waals surface area (Å²) in [6.45, 7) is 8.03. The third-order valence-corrected chi connectivity index (χ3v) is 8.60. The molecule has 3 aromatic carbocycles. The molecule has 1 aliphatic carbocycles. The molecule has 1 unspecified atom stereocenters. The minimum atomic E-state index is -0.337. The maximum Gasteiger partial charge on any atom is 0.145 e. The second-order valence-electron chi connectivity index (χ2n) is 11.9. The van der Waals surface area contributed by atoms with E-state index >= 15 is 8.78 Å². The largest absolute Gasteiger partial charge is 0.396 e. The number of hydrogen-bond donors (Lipinski definition) is 1. The van der Waals surface area contributed by atoms with Gasteiger partial charge in [-0.15, -0.1) is 0 Å². The van der Waals surface area contributed by atoms with E-state index in [1.54, 1.807) is 32.2 Å². The summed E-state index contributed by atoms with van der Waals surface area (Å²) in [7, 11) is 1.71. The van der Waals surface area contributed by atoms with Crippen molar-refractivity contribution in [3.8, 4) is 22.3 Å². The van der Waals surface area contributed by atoms with E-state index in [0.717, 1.165) is 55.9 Å². The number of rotatable bonds is 13. The Morgan fingerprint density at radius 2 is 1.56 bits per heavy atom. The molecule has 0 radical (unpaired) electrons. The first-order chi connectivity index (χ1) is 20.8. The maximum atomic E-state index is 15.3. The highest BCUT2D eigenvalue weighted by Gasteiger charge is 2.28. The topological polar surface area (TPSA) is 46.5 Å². The Bertz CT molecular complexity index is 1290. The summed E-state index contributed by atoms with van der Waals surface area (Å²) in [6.07, 6.45) is 10.3. The predicted molar refractivity (Wildman–Crippen MR) is 173 cm³/mol. The van der Waals surface area contributed by atoms with Crippen LogP contribution in [0.3, 0.4) is 0 Å². The smallest absolute Gasteiger partial charge is 0.145 e. The standard InChI is InChI=1S/C34H42F2O2.C4H6O/c1-3-4-5-6-24-7-9-27(10-8-24)31-18-16-29(22-34(31)36)32-17-15-28(21-33(32)35)25-11-13-26(14-12-25)30(19-20-37)23-38-2;1-4(2)3-5/h7-10,15-18,21-22,25-26,30,37H,3-6,11-14,19-20,23H2,1-2H3;3H,1H2,2H3. The minimum absolute atomic E-state index is 0.188. The number of hydrogen-bond acceptors (Lipinski definition) is 3. The molecule has 1 fully saturated rings. The summed E-state index contributed by atoms with van der Waals surface area (Å²) < 4.78 is 35.8. The van der Waals surface area contributed by atoms with Crippen LogP contribution in [0.2, 0.25) is 0 Å². The zero-order valence-electron chi connectivity index (χ0n) is 26.1. The van der Waals surface area contributed by atoms with Gasteiger partial charge in [-0.05, 0) is 110 Å². The minimum Gasteiger partial charge on any atom is -0.396 e. The molecule has 0 heterocycles. The van der Waals surface area contributed by atoms with Crippen LogP contribution in [-0.4, -0.2) is 31.7 Å². The molecular formula is C38H48F2O3. The first kappa shape index (κ1) is 34.3. The molecule has 0 aromatic heterocycles. The van der Waals surface area contributed by atoms with Crippen LogP contribution in [0.5, 0.6) is 0 Å². The Labute approximate surface area is 257 Å². The number of carbonyl (C=O) groups is 1. The normalized spacial score (nSPS) is 17.1. The lowest BCUT2D eigenvalue weighted by Crippen LogP contribution is -2.25. The van der Waals surface area contributed by atoms with Crippen molar-refractivity contribution in [2.24, 2.45) is 11.8 Å². The SMILES string of the molecule is C=C(C)C=O.CCCCCc1ccc(-c2ccc(-c3ccc(C4CCC(C(CCO)COC)CC4)cc3F)cc2F)cc1. The Balaban J connectivity index is 0.000000934. The lowest BCUT2D eigenvalue weighted by atomic mass is 9.73. The fourth-order valence-electron chi connectivity index (χ4n) is 6.13. The van der Waals surface area contributed by atoms with Crippen molar-refractivity contribution in [1.82, 2.24) is 0 Å². The van der Waals surface area contributed by atoms with Crippen LogP contribution in [0.15, 0.2) is 72.8 Å². The van der Waals surface area contributed by atoms with Crippen LogP contribution in [0.4, 0.5) is 8.78 Å². The molecule has 0 amide bonds. The lowest BCUT2D eigenvalue weighted by Gasteiger charge is -2.33. The van der Waals surface area contributed by atoms with Crippen LogP contribution in [0.25, 0.3) is 22.3 Å². The number of aryl methyl sites for hydroxylation is 1. The number of methoxy groups -OCH3 is 1. The van der Waals surface area contributed by atoms with Gasteiger partial charge in [0.05, 0.1) is 0 Å². The fourth-order valence-corrected chi connectivity index (χ4v) is 6.13. The van der Waals surface area contributed by atoms with Crippen molar-refractivity contribution in [1.29, 1.82) is 0 Å². The Kier molecular flexibility index (Phi) is 14.3. The number of benzene rings is 3. The third kappa shape index (κ3) is 10.2. The molecule has 3 nitrogen and oxygen atoms in total. The molecule has 3 aromatic rings. The summed E-state index contributed by atoms with van der Waals surface area (Å²) in [4.78, 5) is 9.41. The predicted octanol–water partition coefficient (Wildman–Crippen LogP) is 9.71. The van der Waals surface area contributed by atoms with E-state index in [4.69, 9.17) is 4.74 Å². The van der Waals surface area contributed by atoms with Gasteiger partial charge in [-0.3, -0.25) is 4.79 Å². The quantitative estimate of drug-likeness (QED) is 0.122. The molecular weight excluding hydrogens is 542 g/mol. The van der Waals surface area contributed by atoms with Crippen LogP contribution >= 0.6 is 0 Å². The molecule has 0 aliphatic heterocycles. The summed E-state index contributed by atoms with van der Waals surface area (Å²) in [5, 5.41) is 9.39. The Morgan fingerprint density at radius 3 is 2.12 bits per heavy atom. The Hall–Kier alpha value is -3.15. The van der Waals surface area contributed by atoms with Crippen LogP contribution < -0.4 is 0 Å². The number of halogens is 2. The van der Waals surface area contributed by atoms with E-state index in [1.807, 2.05) is 24.3 Å². The highest BCUT2D eigenvalue weighted by molar-refractivity contribution is 5.72. The number of carbonyl (C=O) groups excluding carboxylic acids is 1. The number of aldehydes is 1. The number of ether oxygens (including phenoxy) is 1. The van der Waals surface area contributed by atoms with E-state index in [-0.39, 0.29) is 18.2 Å². The van der Waals surface area contributed by atoms with Gasteiger partial charge in [0.25, 0.3) is 0 Å². The summed E-state index contributed by atoms with van der Waals surface area (Å²) in [5.41, 5.74) is 5.23. The van der Waals surface area contributed by atoms with Gasteiger partial charge in [-0.2, -0.15) is 0 Å². The molecule has 4 rings (SSSR count). The highest BCUT2D eigenvalue weighted by Crippen LogP contribution is 2.41. The summed E-state index contributed by atoms with van der Waals surface area (Å²) >= 11 is 0. The van der Waals surface area contributed by atoms with E-state index in [1.165, 1.54) is 30.9 Å². The van der Waals surface area contributed by atoms with E-state index in [9.17, 15) is 9.90 Å². The van der Waals surface area contributed by atoms with Crippen LogP contribution in [0.1, 0.15) is 82.3 Å². The van der Waals surface area contributed by atoms with Crippen molar-refractivity contribution < 1.29 is 23.4 Å². The summed E-state index contributed by atoms with van der Waals surface area (Å²) in [5.74, 6) is 0.617. The van der Waals surface area contributed by atoms with Crippen molar-refractivity contribution in [3.05, 3.63) is 95.6 Å². The fraction of sp³-hybridized carbons (Fsp3) is 0.447. The molecule has 0 saturated heterocycles. The van der Waals surface area contributed by atoms with Crippen molar-refractivity contribution >= 4 is 6.29 Å². The van der Waals surface area contributed by atoms with Crippen molar-refractivity contribution in [2.75, 3.05) is 20.3 Å². The molecule has 232 valence electrons. The molecule has 0 spiro atoms. The van der Waals surface area contributed by atoms with Gasteiger partial charge < -0.3 is 9.84 Å². The van der Waals surface area contributed by atoms with E-state index < -0.39 is 0 Å². The number of unbranched alkanes of at least 4 members (excludes halogenated alkanes) is 2. The summed E-state index contributed by atoms with van der Waals surface area (Å²) in [6, 6.07) is 18.6. The third-order valence-electron chi connectivity index (χ3n) is 8.60. The molecule has 1 atom stereocenters. The van der Waals surface area contributed by atoms with Crippen molar-refractivity contribution in [2.45, 2.75) is 77.6 Å². The van der Waals surface area contributed by atoms with Gasteiger partial charge >= 0.3 is 0 Å². The molecule has 5 heteroatoms. The number of allylic oxidation sites excluding steroid dienone is 1. The molecule has 1 aliphatic rings. The lowest BCUT2D eigenvalue weighted by molar-refractivity contribution is -0.104. The molecule has 1 saturated carbocycles. The van der Waals surface area contributed by atoms with E-state index in [0.29, 0.717) is 46.6 Å². The average molecular weight is 591 g/mol. The van der Waals surface area contributed by atoms with Gasteiger partial charge in [0.2, 0.25) is 0 Å². The average Bonchev–Trinajstić information content (AvgIpc) is 3.02. The van der Waals surface area contributed by atoms with Gasteiger partial charge in [0.1, 0.15) is 17.9 Å². The van der Waals surface area contributed by atoms with Gasteiger partial charge in [0.15, 0.2) is 0 Å². The Morgan fingerprint density at radius 1 is 0.953 bits per heavy atom. The monoisotopic (exact) mass is 590 g/mol. The van der Waals surface area contributed by atoms with Crippen molar-refractivity contribution in [3.63, 3.8) is 0 Å². The van der Waals surface area contributed by atoms with E-state index in [2.05, 4.69) is 25.6 Å². The number of aliphatic hydroxyl groups excluding tert-OH is 1. The van der Waals surface area contributed by atoms with Gasteiger partial charge in [-0.1, -0.05) is 74.9 Å². The first-order valence-electron chi connectivity index (χ1n) is 15.7. The maximum absolute atomic E-state index is 15.3. The zero-order chi connectivity index (χ0) is 31.2.